The maximum absolute atomic E-state index is 5.39. The molecule has 0 aliphatic heterocycles. The summed E-state index contributed by atoms with van der Waals surface area (Å²) >= 11 is 1.53. The number of anilines is 1. The Morgan fingerprint density at radius 2 is 1.82 bits per heavy atom. The molecule has 0 saturated carbocycles. The van der Waals surface area contributed by atoms with Crippen LogP contribution in [0, 0.1) is 13.8 Å². The molecule has 1 N–H and O–H groups in total. The summed E-state index contributed by atoms with van der Waals surface area (Å²) in [5, 5.41) is 17.2. The Morgan fingerprint density at radius 1 is 1.00 bits per heavy atom. The van der Waals surface area contributed by atoms with E-state index in [-0.39, 0.29) is 0 Å². The minimum atomic E-state index is 0.675. The van der Waals surface area contributed by atoms with Crippen molar-refractivity contribution >= 4 is 22.0 Å². The van der Waals surface area contributed by atoms with E-state index in [1.165, 1.54) is 16.9 Å². The molecule has 7 nitrogen and oxygen atoms in total. The molecule has 2 aromatic heterocycles. The minimum absolute atomic E-state index is 0.675. The predicted molar refractivity (Wildman–Crippen MR) is 110 cm³/mol. The number of ether oxygens (including phenoxy) is 2. The average Bonchev–Trinajstić information content (AvgIpc) is 3.29. The highest BCUT2D eigenvalue weighted by molar-refractivity contribution is 7.19. The lowest BCUT2D eigenvalue weighted by atomic mass is 10.1. The molecule has 0 aliphatic rings. The van der Waals surface area contributed by atoms with Crippen LogP contribution in [0.3, 0.4) is 0 Å². The SMILES string of the molecule is COc1ccc(CNc2cc(-c3nn4c(C)nnc4s3)ccc2C)cc1OC. The van der Waals surface area contributed by atoms with Crippen molar-refractivity contribution in [3.05, 3.63) is 53.3 Å². The van der Waals surface area contributed by atoms with Crippen LogP contribution in [-0.4, -0.2) is 34.0 Å². The lowest BCUT2D eigenvalue weighted by Gasteiger charge is -2.13. The van der Waals surface area contributed by atoms with Crippen LogP contribution in [0.1, 0.15) is 17.0 Å². The number of methoxy groups -OCH3 is 2. The topological polar surface area (TPSA) is 73.6 Å². The number of aryl methyl sites for hydroxylation is 2. The second kappa shape index (κ2) is 7.47. The molecule has 0 amide bonds. The van der Waals surface area contributed by atoms with Crippen LogP contribution in [0.25, 0.3) is 15.5 Å². The number of hydrogen-bond donors (Lipinski definition) is 1. The van der Waals surface area contributed by atoms with Crippen LogP contribution in [0.2, 0.25) is 0 Å². The molecule has 0 radical (unpaired) electrons. The average molecular weight is 395 g/mol. The van der Waals surface area contributed by atoms with Crippen molar-refractivity contribution in [3.63, 3.8) is 0 Å². The number of fused-ring (bicyclic) bond motifs is 1. The van der Waals surface area contributed by atoms with Crippen LogP contribution >= 0.6 is 11.3 Å². The monoisotopic (exact) mass is 395 g/mol. The molecule has 4 aromatic rings. The van der Waals surface area contributed by atoms with Gasteiger partial charge in [0, 0.05) is 17.8 Å². The number of nitrogens with zero attached hydrogens (tertiary/aromatic N) is 4. The quantitative estimate of drug-likeness (QED) is 0.530. The van der Waals surface area contributed by atoms with Gasteiger partial charge in [0.2, 0.25) is 4.96 Å². The van der Waals surface area contributed by atoms with E-state index in [0.717, 1.165) is 44.1 Å². The molecule has 4 rings (SSSR count). The molecule has 0 saturated heterocycles. The third-order valence-electron chi connectivity index (χ3n) is 4.56. The molecular weight excluding hydrogens is 374 g/mol. The first-order valence-corrected chi connectivity index (χ1v) is 9.65. The van der Waals surface area contributed by atoms with Crippen LogP contribution < -0.4 is 14.8 Å². The van der Waals surface area contributed by atoms with E-state index in [9.17, 15) is 0 Å². The number of aromatic nitrogens is 4. The van der Waals surface area contributed by atoms with Gasteiger partial charge in [-0.2, -0.15) is 9.61 Å². The highest BCUT2D eigenvalue weighted by Crippen LogP contribution is 2.30. The Morgan fingerprint density at radius 3 is 2.57 bits per heavy atom. The van der Waals surface area contributed by atoms with Gasteiger partial charge in [-0.1, -0.05) is 29.5 Å². The smallest absolute Gasteiger partial charge is 0.234 e. The molecule has 28 heavy (non-hydrogen) atoms. The number of rotatable bonds is 6. The largest absolute Gasteiger partial charge is 0.493 e. The Bertz CT molecular complexity index is 1140. The summed E-state index contributed by atoms with van der Waals surface area (Å²) < 4.78 is 12.5. The van der Waals surface area contributed by atoms with E-state index in [1.54, 1.807) is 18.7 Å². The molecule has 2 heterocycles. The van der Waals surface area contributed by atoms with Gasteiger partial charge in [-0.05, 0) is 43.2 Å². The van der Waals surface area contributed by atoms with Crippen molar-refractivity contribution in [1.82, 2.24) is 19.8 Å². The van der Waals surface area contributed by atoms with E-state index in [1.807, 2.05) is 25.1 Å². The highest BCUT2D eigenvalue weighted by atomic mass is 32.1. The summed E-state index contributed by atoms with van der Waals surface area (Å²) in [5.41, 5.74) is 4.39. The Labute approximate surface area is 167 Å². The third kappa shape index (κ3) is 3.38. The minimum Gasteiger partial charge on any atom is -0.493 e. The summed E-state index contributed by atoms with van der Waals surface area (Å²) in [6.07, 6.45) is 0. The fraction of sp³-hybridized carbons (Fsp3) is 0.250. The Balaban J connectivity index is 1.57. The standard InChI is InChI=1S/C20H21N5O2S/c1-12-5-7-15(19-24-25-13(2)22-23-20(25)28-19)10-16(12)21-11-14-6-8-17(26-3)18(9-14)27-4/h5-10,21H,11H2,1-4H3. The van der Waals surface area contributed by atoms with E-state index in [4.69, 9.17) is 9.47 Å². The highest BCUT2D eigenvalue weighted by Gasteiger charge is 2.12. The lowest BCUT2D eigenvalue weighted by molar-refractivity contribution is 0.354. The van der Waals surface area contributed by atoms with Crippen LogP contribution in [0.5, 0.6) is 11.5 Å². The molecule has 0 bridgehead atoms. The van der Waals surface area contributed by atoms with Gasteiger partial charge in [-0.3, -0.25) is 0 Å². The van der Waals surface area contributed by atoms with Gasteiger partial charge >= 0.3 is 0 Å². The van der Waals surface area contributed by atoms with Gasteiger partial charge in [0.15, 0.2) is 17.3 Å². The molecule has 0 aliphatic carbocycles. The number of nitrogens with one attached hydrogen (secondary N) is 1. The maximum Gasteiger partial charge on any atom is 0.234 e. The summed E-state index contributed by atoms with van der Waals surface area (Å²) in [4.78, 5) is 0.799. The predicted octanol–water partition coefficient (Wildman–Crippen LogP) is 4.10. The van der Waals surface area contributed by atoms with Crippen molar-refractivity contribution in [2.24, 2.45) is 0 Å². The van der Waals surface area contributed by atoms with Gasteiger partial charge in [0.25, 0.3) is 0 Å². The van der Waals surface area contributed by atoms with Crippen molar-refractivity contribution < 1.29 is 9.47 Å². The Kier molecular flexibility index (Phi) is 4.87. The van der Waals surface area contributed by atoms with E-state index in [2.05, 4.69) is 45.7 Å². The zero-order valence-electron chi connectivity index (χ0n) is 16.2. The van der Waals surface area contributed by atoms with Gasteiger partial charge in [-0.15, -0.1) is 10.2 Å². The maximum atomic E-state index is 5.39. The first-order chi connectivity index (χ1) is 13.6. The molecule has 2 aromatic carbocycles. The second-order valence-corrected chi connectivity index (χ2v) is 7.38. The van der Waals surface area contributed by atoms with Crippen LogP contribution in [-0.2, 0) is 6.54 Å². The van der Waals surface area contributed by atoms with Crippen molar-refractivity contribution in [2.75, 3.05) is 19.5 Å². The lowest BCUT2D eigenvalue weighted by Crippen LogP contribution is -2.02. The summed E-state index contributed by atoms with van der Waals surface area (Å²) in [6.45, 7) is 4.66. The van der Waals surface area contributed by atoms with Gasteiger partial charge < -0.3 is 14.8 Å². The fourth-order valence-electron chi connectivity index (χ4n) is 2.96. The van der Waals surface area contributed by atoms with Crippen LogP contribution in [0.15, 0.2) is 36.4 Å². The molecule has 0 fully saturated rings. The van der Waals surface area contributed by atoms with Crippen molar-refractivity contribution in [3.8, 4) is 22.1 Å². The van der Waals surface area contributed by atoms with E-state index in [0.29, 0.717) is 6.54 Å². The third-order valence-corrected chi connectivity index (χ3v) is 5.51. The molecular formula is C20H21N5O2S. The van der Waals surface area contributed by atoms with E-state index >= 15 is 0 Å². The second-order valence-electron chi connectivity index (χ2n) is 6.42. The molecule has 144 valence electrons. The van der Waals surface area contributed by atoms with E-state index < -0.39 is 0 Å². The van der Waals surface area contributed by atoms with Crippen LogP contribution in [0.4, 0.5) is 5.69 Å². The molecule has 0 atom stereocenters. The normalized spacial score (nSPS) is 11.0. The van der Waals surface area contributed by atoms with Gasteiger partial charge in [0.1, 0.15) is 5.01 Å². The molecule has 0 unspecified atom stereocenters. The van der Waals surface area contributed by atoms with Crippen molar-refractivity contribution in [2.45, 2.75) is 20.4 Å². The first kappa shape index (κ1) is 18.2. The van der Waals surface area contributed by atoms with Gasteiger partial charge in [-0.25, -0.2) is 0 Å². The summed E-state index contributed by atoms with van der Waals surface area (Å²) in [7, 11) is 3.28. The molecule has 8 heteroatoms. The zero-order chi connectivity index (χ0) is 19.7. The summed E-state index contributed by atoms with van der Waals surface area (Å²) in [5.74, 6) is 2.24. The van der Waals surface area contributed by atoms with Gasteiger partial charge in [0.05, 0.1) is 14.2 Å². The summed E-state index contributed by atoms with van der Waals surface area (Å²) in [6, 6.07) is 12.2. The number of hydrogen-bond acceptors (Lipinski definition) is 7. The fourth-order valence-corrected chi connectivity index (χ4v) is 3.85. The Hall–Kier alpha value is -3.13. The zero-order valence-corrected chi connectivity index (χ0v) is 17.0. The first-order valence-electron chi connectivity index (χ1n) is 8.83. The van der Waals surface area contributed by atoms with Crippen molar-refractivity contribution in [1.29, 1.82) is 0 Å². The number of benzene rings is 2. The molecule has 0 spiro atoms.